The second-order valence-corrected chi connectivity index (χ2v) is 9.28. The van der Waals surface area contributed by atoms with Gasteiger partial charge in [0, 0.05) is 17.5 Å². The summed E-state index contributed by atoms with van der Waals surface area (Å²) in [5, 5.41) is 4.35. The minimum Gasteiger partial charge on any atom is -0.489 e. The molecule has 0 aliphatic heterocycles. The molecule has 0 amide bonds. The van der Waals surface area contributed by atoms with Crippen LogP contribution in [-0.2, 0) is 19.1 Å². The Labute approximate surface area is 238 Å². The Hall–Kier alpha value is -3.62. The molecule has 4 aromatic rings. The van der Waals surface area contributed by atoms with Gasteiger partial charge in [-0.2, -0.15) is 0 Å². The molecule has 0 fully saturated rings. The van der Waals surface area contributed by atoms with Crippen LogP contribution in [0.25, 0.3) is 21.5 Å². The van der Waals surface area contributed by atoms with Crippen molar-refractivity contribution in [1.29, 1.82) is 0 Å². The minimum atomic E-state index is -0.444. The van der Waals surface area contributed by atoms with Gasteiger partial charge in [-0.15, -0.1) is 0 Å². The molecule has 0 aromatic heterocycles. The summed E-state index contributed by atoms with van der Waals surface area (Å²) in [5.41, 5.74) is 0. The average Bonchev–Trinajstić information content (AvgIpc) is 2.95. The van der Waals surface area contributed by atoms with E-state index in [9.17, 15) is 9.59 Å². The van der Waals surface area contributed by atoms with Crippen molar-refractivity contribution < 1.29 is 28.5 Å². The molecule has 0 spiro atoms. The van der Waals surface area contributed by atoms with Crippen LogP contribution < -0.4 is 9.47 Å². The van der Waals surface area contributed by atoms with Crippen molar-refractivity contribution in [1.82, 2.24) is 0 Å². The first kappa shape index (κ1) is 28.9. The zero-order valence-electron chi connectivity index (χ0n) is 20.5. The summed E-state index contributed by atoms with van der Waals surface area (Å²) in [4.78, 5) is 21.8. The van der Waals surface area contributed by atoms with Gasteiger partial charge in [0.25, 0.3) is 0 Å². The molecule has 0 saturated carbocycles. The van der Waals surface area contributed by atoms with Gasteiger partial charge in [0.1, 0.15) is 37.9 Å². The Balaban J connectivity index is 0.000000211. The lowest BCUT2D eigenvalue weighted by Crippen LogP contribution is -2.10. The number of hydrogen-bond donors (Lipinski definition) is 0. The highest BCUT2D eigenvalue weighted by Gasteiger charge is 2.08. The Morgan fingerprint density at radius 1 is 0.658 bits per heavy atom. The zero-order chi connectivity index (χ0) is 27.3. The highest BCUT2D eigenvalue weighted by atomic mass is 79.9. The quantitative estimate of drug-likeness (QED) is 0.102. The highest BCUT2D eigenvalue weighted by Crippen LogP contribution is 2.34. The summed E-state index contributed by atoms with van der Waals surface area (Å²) < 4.78 is 22.8. The summed E-state index contributed by atoms with van der Waals surface area (Å²) >= 11 is 6.99. The topological polar surface area (TPSA) is 71.1 Å². The van der Waals surface area contributed by atoms with Gasteiger partial charge in [0.2, 0.25) is 0 Å². The number of carbonyl (C=O) groups excluding carboxylic acids is 2. The normalized spacial score (nSPS) is 10.2. The van der Waals surface area contributed by atoms with Crippen LogP contribution in [0, 0.1) is 0 Å². The molecular weight excluding hydrogens is 616 g/mol. The molecular formula is C30H26Br2O6. The third kappa shape index (κ3) is 8.19. The van der Waals surface area contributed by atoms with E-state index in [0.29, 0.717) is 13.2 Å². The maximum absolute atomic E-state index is 10.9. The van der Waals surface area contributed by atoms with Crippen LogP contribution in [0.5, 0.6) is 11.5 Å². The highest BCUT2D eigenvalue weighted by molar-refractivity contribution is 9.11. The lowest BCUT2D eigenvalue weighted by molar-refractivity contribution is -0.139. The Morgan fingerprint density at radius 3 is 1.82 bits per heavy atom. The maximum atomic E-state index is 10.9. The summed E-state index contributed by atoms with van der Waals surface area (Å²) in [5.74, 6) is 0.600. The maximum Gasteiger partial charge on any atom is 0.330 e. The summed E-state index contributed by atoms with van der Waals surface area (Å²) in [6.45, 7) is 7.65. The van der Waals surface area contributed by atoms with E-state index in [2.05, 4.69) is 45.0 Å². The lowest BCUT2D eigenvalue weighted by atomic mass is 10.1. The van der Waals surface area contributed by atoms with Gasteiger partial charge in [0.15, 0.2) is 0 Å². The van der Waals surface area contributed by atoms with E-state index in [1.807, 2.05) is 72.8 Å². The molecule has 4 rings (SSSR count). The fourth-order valence-corrected chi connectivity index (χ4v) is 4.45. The van der Waals surface area contributed by atoms with Crippen molar-refractivity contribution in [2.24, 2.45) is 0 Å². The SMILES string of the molecule is C=CC(=O)OCCOc1c(Br)ccc2ccccc12.C=CC(=O)OCCOc1ccc2ccccc2c1Br. The van der Waals surface area contributed by atoms with E-state index in [1.54, 1.807) is 0 Å². The number of rotatable bonds is 10. The van der Waals surface area contributed by atoms with Crippen molar-refractivity contribution in [3.05, 3.63) is 107 Å². The van der Waals surface area contributed by atoms with Gasteiger partial charge < -0.3 is 18.9 Å². The predicted octanol–water partition coefficient (Wildman–Crippen LogP) is 7.42. The predicted molar refractivity (Wildman–Crippen MR) is 157 cm³/mol. The van der Waals surface area contributed by atoms with Crippen LogP contribution >= 0.6 is 31.9 Å². The molecule has 0 radical (unpaired) electrons. The number of esters is 2. The van der Waals surface area contributed by atoms with Crippen LogP contribution in [0.3, 0.4) is 0 Å². The van der Waals surface area contributed by atoms with Crippen LogP contribution in [0.2, 0.25) is 0 Å². The van der Waals surface area contributed by atoms with Crippen molar-refractivity contribution in [3.8, 4) is 11.5 Å². The number of fused-ring (bicyclic) bond motifs is 2. The number of ether oxygens (including phenoxy) is 4. The molecule has 0 atom stereocenters. The van der Waals surface area contributed by atoms with E-state index in [1.165, 1.54) is 0 Å². The van der Waals surface area contributed by atoms with Gasteiger partial charge in [-0.1, -0.05) is 73.8 Å². The lowest BCUT2D eigenvalue weighted by Gasteiger charge is -2.11. The van der Waals surface area contributed by atoms with E-state index in [4.69, 9.17) is 18.9 Å². The van der Waals surface area contributed by atoms with E-state index in [-0.39, 0.29) is 13.2 Å². The molecule has 4 aromatic carbocycles. The third-order valence-corrected chi connectivity index (χ3v) is 6.59. The van der Waals surface area contributed by atoms with Crippen LogP contribution in [0.15, 0.2) is 107 Å². The second-order valence-electron chi connectivity index (χ2n) is 7.64. The van der Waals surface area contributed by atoms with Crippen LogP contribution in [0.1, 0.15) is 0 Å². The van der Waals surface area contributed by atoms with Crippen molar-refractivity contribution in [2.45, 2.75) is 0 Å². The molecule has 38 heavy (non-hydrogen) atoms. The first-order chi connectivity index (χ1) is 18.4. The Kier molecular flexibility index (Phi) is 11.4. The van der Waals surface area contributed by atoms with Gasteiger partial charge in [-0.05, 0) is 60.2 Å². The first-order valence-electron chi connectivity index (χ1n) is 11.6. The number of carbonyl (C=O) groups is 2. The van der Waals surface area contributed by atoms with Crippen LogP contribution in [0.4, 0.5) is 0 Å². The first-order valence-corrected chi connectivity index (χ1v) is 13.2. The summed E-state index contributed by atoms with van der Waals surface area (Å²) in [6.07, 6.45) is 2.26. The van der Waals surface area contributed by atoms with Crippen LogP contribution in [-0.4, -0.2) is 38.4 Å². The monoisotopic (exact) mass is 640 g/mol. The van der Waals surface area contributed by atoms with E-state index >= 15 is 0 Å². The number of halogens is 2. The molecule has 0 unspecified atom stereocenters. The van der Waals surface area contributed by atoms with E-state index in [0.717, 1.165) is 54.1 Å². The standard InChI is InChI=1S/2C15H13BrO3/c1-2-14(17)19-10-9-18-13-8-7-11-5-3-4-6-12(11)15(13)16;1-2-14(17)18-9-10-19-15-12-6-4-3-5-11(12)7-8-13(15)16/h2*2-8H,1,9-10H2. The molecule has 0 saturated heterocycles. The molecule has 196 valence electrons. The largest absolute Gasteiger partial charge is 0.489 e. The van der Waals surface area contributed by atoms with Crippen molar-refractivity contribution >= 4 is 65.3 Å². The smallest absolute Gasteiger partial charge is 0.330 e. The third-order valence-electron chi connectivity index (χ3n) is 5.15. The van der Waals surface area contributed by atoms with Gasteiger partial charge in [0.05, 0.1) is 8.95 Å². The molecule has 0 aliphatic carbocycles. The van der Waals surface area contributed by atoms with E-state index < -0.39 is 11.9 Å². The Morgan fingerprint density at radius 2 is 1.18 bits per heavy atom. The van der Waals surface area contributed by atoms with Gasteiger partial charge in [-0.3, -0.25) is 0 Å². The van der Waals surface area contributed by atoms with Gasteiger partial charge >= 0.3 is 11.9 Å². The number of hydrogen-bond acceptors (Lipinski definition) is 6. The van der Waals surface area contributed by atoms with Crippen molar-refractivity contribution in [3.63, 3.8) is 0 Å². The fourth-order valence-electron chi connectivity index (χ4n) is 3.39. The van der Waals surface area contributed by atoms with Crippen molar-refractivity contribution in [2.75, 3.05) is 26.4 Å². The molecule has 8 heteroatoms. The molecule has 6 nitrogen and oxygen atoms in total. The van der Waals surface area contributed by atoms with Gasteiger partial charge in [-0.25, -0.2) is 9.59 Å². The molecule has 0 bridgehead atoms. The summed E-state index contributed by atoms with van der Waals surface area (Å²) in [6, 6.07) is 23.8. The summed E-state index contributed by atoms with van der Waals surface area (Å²) in [7, 11) is 0. The molecule has 0 aliphatic rings. The zero-order valence-corrected chi connectivity index (χ0v) is 23.7. The minimum absolute atomic E-state index is 0.195. The molecule has 0 heterocycles. The fraction of sp³-hybridized carbons (Fsp3) is 0.133. The average molecular weight is 642 g/mol. The second kappa shape index (κ2) is 15.0. The molecule has 0 N–H and O–H groups in total. The Bertz CT molecular complexity index is 1430. The number of benzene rings is 4.